The summed E-state index contributed by atoms with van der Waals surface area (Å²) in [5.74, 6) is -0.457. The van der Waals surface area contributed by atoms with Gasteiger partial charge in [-0.3, -0.25) is 0 Å². The quantitative estimate of drug-likeness (QED) is 0.332. The summed E-state index contributed by atoms with van der Waals surface area (Å²) in [6.45, 7) is 1.97. The molecule has 17 heavy (non-hydrogen) atoms. The number of hydrogen-bond donors (Lipinski definition) is 0. The Morgan fingerprint density at radius 1 is 1.29 bits per heavy atom. The van der Waals surface area contributed by atoms with E-state index in [9.17, 15) is 4.79 Å². The van der Waals surface area contributed by atoms with Gasteiger partial charge in [0.1, 0.15) is 5.88 Å². The molecule has 0 bridgehead atoms. The molecule has 90 valence electrons. The minimum absolute atomic E-state index is 0. The Morgan fingerprint density at radius 3 is 2.41 bits per heavy atom. The molecule has 0 saturated heterocycles. The summed E-state index contributed by atoms with van der Waals surface area (Å²) < 4.78 is 14.4. The molecule has 0 aliphatic heterocycles. The van der Waals surface area contributed by atoms with E-state index in [-0.39, 0.29) is 59.7 Å². The molecule has 0 radical (unpaired) electrons. The Kier molecular flexibility index (Phi) is 10.1. The molecule has 1 aromatic rings. The number of carbonyl (C=O) groups excluding carboxylic acids is 1. The summed E-state index contributed by atoms with van der Waals surface area (Å²) in [6, 6.07) is 2.59. The van der Waals surface area contributed by atoms with Gasteiger partial charge in [0.2, 0.25) is 0 Å². The van der Waals surface area contributed by atoms with Crippen LogP contribution in [0.15, 0.2) is 0 Å². The molecule has 0 spiro atoms. The molecule has 0 aliphatic rings. The molecule has 1 aromatic heterocycles. The van der Waals surface area contributed by atoms with Crippen LogP contribution >= 0.6 is 0 Å². The van der Waals surface area contributed by atoms with Crippen molar-refractivity contribution < 1.29 is 31.4 Å². The fraction of sp³-hybridized carbons (Fsp3) is 0.444. The number of rotatable bonds is 4. The van der Waals surface area contributed by atoms with Gasteiger partial charge in [0.05, 0.1) is 20.8 Å². The van der Waals surface area contributed by atoms with Crippen LogP contribution in [-0.2, 0) is 4.74 Å². The van der Waals surface area contributed by atoms with Crippen LogP contribution in [0.4, 0.5) is 0 Å². The number of aromatic nitrogens is 2. The maximum Gasteiger partial charge on any atom is 2.00 e. The van der Waals surface area contributed by atoms with Crippen LogP contribution in [0.1, 0.15) is 17.4 Å². The van der Waals surface area contributed by atoms with Gasteiger partial charge in [-0.05, 0) is 12.6 Å². The van der Waals surface area contributed by atoms with Crippen molar-refractivity contribution in [1.82, 2.24) is 9.97 Å². The van der Waals surface area contributed by atoms with Gasteiger partial charge in [0.25, 0.3) is 0 Å². The number of esters is 1. The Bertz CT molecular complexity index is 343. The zero-order valence-electron chi connectivity index (χ0n) is 9.82. The molecule has 8 heteroatoms. The second-order valence-electron chi connectivity index (χ2n) is 2.41. The van der Waals surface area contributed by atoms with Gasteiger partial charge < -0.3 is 31.4 Å². The minimum Gasteiger partial charge on any atom is -1.00 e. The molecule has 0 fully saturated rings. The molecule has 0 aliphatic carbocycles. The van der Waals surface area contributed by atoms with E-state index < -0.39 is 5.97 Å². The monoisotopic (exact) mass is 270 g/mol. The van der Waals surface area contributed by atoms with E-state index in [1.807, 2.05) is 0 Å². The van der Waals surface area contributed by atoms with E-state index in [2.05, 4.69) is 16.0 Å². The predicted molar refractivity (Wildman–Crippen MR) is 55.7 cm³/mol. The third kappa shape index (κ3) is 5.38. The second-order valence-corrected chi connectivity index (χ2v) is 2.41. The first-order chi connectivity index (χ1) is 7.21. The summed E-state index contributed by atoms with van der Waals surface area (Å²) >= 11 is 0. The topological polar surface area (TPSA) is 70.5 Å². The van der Waals surface area contributed by atoms with Gasteiger partial charge in [0, 0.05) is 0 Å². The van der Waals surface area contributed by atoms with Crippen LogP contribution in [0.5, 0.6) is 11.9 Å². The molecule has 0 unspecified atom stereocenters. The van der Waals surface area contributed by atoms with Crippen molar-refractivity contribution in [1.29, 1.82) is 0 Å². The molecule has 0 amide bonds. The molecule has 0 saturated carbocycles. The third-order valence-corrected chi connectivity index (χ3v) is 1.47. The van der Waals surface area contributed by atoms with E-state index in [1.54, 1.807) is 6.92 Å². The second kappa shape index (κ2) is 9.26. The summed E-state index contributed by atoms with van der Waals surface area (Å²) in [5.41, 5.74) is -0.0134. The van der Waals surface area contributed by atoms with Gasteiger partial charge in [0.15, 0.2) is 5.97 Å². The van der Waals surface area contributed by atoms with Gasteiger partial charge >= 0.3 is 29.1 Å². The van der Waals surface area contributed by atoms with Gasteiger partial charge in [-0.25, -0.2) is 4.98 Å². The Hall–Kier alpha value is -0.794. The first-order valence-corrected chi connectivity index (χ1v) is 4.27. The first kappa shape index (κ1) is 18.6. The normalized spacial score (nSPS) is 8.41. The number of methoxy groups -OCH3 is 2. The number of halogens is 1. The van der Waals surface area contributed by atoms with Crippen LogP contribution in [-0.4, -0.2) is 59.8 Å². The van der Waals surface area contributed by atoms with Crippen LogP contribution in [0, 0.1) is 6.07 Å². The van der Waals surface area contributed by atoms with Gasteiger partial charge in [-0.2, -0.15) is 11.1 Å². The molecule has 0 N–H and O–H groups in total. The van der Waals surface area contributed by atoms with Crippen molar-refractivity contribution >= 4 is 29.0 Å². The van der Waals surface area contributed by atoms with E-state index >= 15 is 0 Å². The Balaban J connectivity index is 0. The molecule has 1 heterocycles. The van der Waals surface area contributed by atoms with Crippen LogP contribution in [0.2, 0.25) is 0 Å². The van der Waals surface area contributed by atoms with E-state index in [4.69, 9.17) is 14.2 Å². The van der Waals surface area contributed by atoms with E-state index in [1.165, 1.54) is 14.2 Å². The summed E-state index contributed by atoms with van der Waals surface area (Å²) in [4.78, 5) is 18.9. The van der Waals surface area contributed by atoms with E-state index in [0.717, 1.165) is 0 Å². The summed E-state index contributed by atoms with van der Waals surface area (Å²) in [6.07, 6.45) is 0. The fourth-order valence-corrected chi connectivity index (χ4v) is 0.849. The van der Waals surface area contributed by atoms with E-state index in [0.29, 0.717) is 0 Å². The van der Waals surface area contributed by atoms with Crippen molar-refractivity contribution in [2.45, 2.75) is 6.92 Å². The van der Waals surface area contributed by atoms with Crippen molar-refractivity contribution in [3.63, 3.8) is 0 Å². The largest absolute Gasteiger partial charge is 2.00 e. The van der Waals surface area contributed by atoms with Crippen LogP contribution in [0.25, 0.3) is 0 Å². The zero-order valence-corrected chi connectivity index (χ0v) is 12.0. The Labute approximate surface area is 122 Å². The molecular weight excluding hydrogens is 260 g/mol. The predicted octanol–water partition coefficient (Wildman–Crippen LogP) is -2.91. The van der Waals surface area contributed by atoms with Crippen LogP contribution < -0.4 is 21.9 Å². The van der Waals surface area contributed by atoms with Crippen LogP contribution in [0.3, 0.4) is 0 Å². The number of nitrogens with zero attached hydrogens (tertiary/aromatic N) is 2. The number of ether oxygens (including phenoxy) is 3. The summed E-state index contributed by atoms with van der Waals surface area (Å²) in [7, 11) is 2.80. The molecule has 0 aromatic carbocycles. The smallest absolute Gasteiger partial charge is 1.00 e. The summed E-state index contributed by atoms with van der Waals surface area (Å²) in [5, 5.41) is 0. The fourth-order valence-electron chi connectivity index (χ4n) is 0.849. The molecule has 6 nitrogen and oxygen atoms in total. The number of carbonyl (C=O) groups is 1. The number of hydrogen-bond acceptors (Lipinski definition) is 6. The molecule has 0 atom stereocenters. The standard InChI is InChI=1S/C9H11N2O4.ClH.Mg/c1-4-15-8(12)6-5-7(13-2)11-9(10-6)14-3;;/h4H2,1-3H3;1H;/q-1;;+2/p-1. The third-order valence-electron chi connectivity index (χ3n) is 1.47. The Morgan fingerprint density at radius 2 is 1.94 bits per heavy atom. The van der Waals surface area contributed by atoms with Gasteiger partial charge in [-0.15, -0.1) is 0 Å². The SMILES string of the molecule is CCOC(=O)c1[c-]c(OC)nc(OC)n1.[Cl-].[Mg+2]. The first-order valence-electron chi connectivity index (χ1n) is 4.27. The molecular formula is C9H11ClMgN2O4. The zero-order chi connectivity index (χ0) is 11.3. The molecule has 1 rings (SSSR count). The van der Waals surface area contributed by atoms with Crippen molar-refractivity contribution in [2.24, 2.45) is 0 Å². The average molecular weight is 271 g/mol. The van der Waals surface area contributed by atoms with Crippen molar-refractivity contribution in [3.05, 3.63) is 11.8 Å². The minimum atomic E-state index is -0.587. The van der Waals surface area contributed by atoms with Crippen molar-refractivity contribution in [2.75, 3.05) is 20.8 Å². The maximum atomic E-state index is 11.3. The van der Waals surface area contributed by atoms with Gasteiger partial charge in [-0.1, -0.05) is 0 Å². The maximum absolute atomic E-state index is 11.3. The average Bonchev–Trinajstić information content (AvgIpc) is 2.28. The van der Waals surface area contributed by atoms with Crippen molar-refractivity contribution in [3.8, 4) is 11.9 Å².